The number of piperidine rings is 1. The molecule has 2 N–H and O–H groups in total. The Labute approximate surface area is 131 Å². The monoisotopic (exact) mass is 297 g/mol. The molecule has 0 saturated carbocycles. The van der Waals surface area contributed by atoms with Crippen LogP contribution in [0.3, 0.4) is 0 Å². The molecule has 0 radical (unpaired) electrons. The number of aromatic nitrogens is 2. The van der Waals surface area contributed by atoms with Crippen LogP contribution in [-0.2, 0) is 6.54 Å². The van der Waals surface area contributed by atoms with Crippen LogP contribution in [0.15, 0.2) is 47.7 Å². The van der Waals surface area contributed by atoms with Crippen molar-refractivity contribution in [2.24, 2.45) is 16.6 Å². The quantitative estimate of drug-likeness (QED) is 0.699. The second-order valence-corrected chi connectivity index (χ2v) is 5.96. The van der Waals surface area contributed by atoms with Gasteiger partial charge in [0.25, 0.3) is 0 Å². The number of likely N-dealkylation sites (tertiary alicyclic amines) is 1. The Hall–Kier alpha value is -2.30. The van der Waals surface area contributed by atoms with Gasteiger partial charge in [-0.25, -0.2) is 9.67 Å². The molecule has 0 amide bonds. The van der Waals surface area contributed by atoms with Gasteiger partial charge in [0.1, 0.15) is 0 Å². The van der Waals surface area contributed by atoms with Gasteiger partial charge in [-0.15, -0.1) is 0 Å². The lowest BCUT2D eigenvalue weighted by molar-refractivity contribution is 0.277. The number of aliphatic imine (C=N–C) groups is 1. The summed E-state index contributed by atoms with van der Waals surface area (Å²) in [4.78, 5) is 6.73. The molecule has 1 saturated heterocycles. The Morgan fingerprint density at radius 1 is 1.27 bits per heavy atom. The molecule has 2 heterocycles. The lowest BCUT2D eigenvalue weighted by Crippen LogP contribution is -2.42. The maximum absolute atomic E-state index is 6.11. The molecule has 22 heavy (non-hydrogen) atoms. The molecule has 0 unspecified atom stereocenters. The van der Waals surface area contributed by atoms with Crippen molar-refractivity contribution in [3.8, 4) is 5.69 Å². The summed E-state index contributed by atoms with van der Waals surface area (Å²) < 4.78 is 1.84. The van der Waals surface area contributed by atoms with Gasteiger partial charge < -0.3 is 10.6 Å². The van der Waals surface area contributed by atoms with Crippen molar-refractivity contribution >= 4 is 5.96 Å². The van der Waals surface area contributed by atoms with Crippen molar-refractivity contribution in [3.63, 3.8) is 0 Å². The van der Waals surface area contributed by atoms with Crippen molar-refractivity contribution in [2.75, 3.05) is 13.1 Å². The Kier molecular flexibility index (Phi) is 4.42. The first kappa shape index (κ1) is 14.6. The van der Waals surface area contributed by atoms with Crippen molar-refractivity contribution in [3.05, 3.63) is 48.3 Å². The molecule has 2 aromatic rings. The third-order valence-corrected chi connectivity index (χ3v) is 4.24. The maximum Gasteiger partial charge on any atom is 0.191 e. The van der Waals surface area contributed by atoms with E-state index >= 15 is 0 Å². The zero-order valence-corrected chi connectivity index (χ0v) is 13.0. The van der Waals surface area contributed by atoms with Crippen LogP contribution in [0.2, 0.25) is 0 Å². The Morgan fingerprint density at radius 3 is 2.64 bits per heavy atom. The first-order chi connectivity index (χ1) is 10.7. The molecule has 0 atom stereocenters. The van der Waals surface area contributed by atoms with Crippen molar-refractivity contribution in [1.29, 1.82) is 0 Å². The summed E-state index contributed by atoms with van der Waals surface area (Å²) in [6.07, 6.45) is 6.12. The largest absolute Gasteiger partial charge is 0.370 e. The second-order valence-electron chi connectivity index (χ2n) is 5.96. The van der Waals surface area contributed by atoms with Gasteiger partial charge in [-0.2, -0.15) is 5.10 Å². The lowest BCUT2D eigenvalue weighted by Gasteiger charge is -2.31. The highest BCUT2D eigenvalue weighted by molar-refractivity contribution is 5.78. The smallest absolute Gasteiger partial charge is 0.191 e. The van der Waals surface area contributed by atoms with Gasteiger partial charge in [0.05, 0.1) is 12.2 Å². The van der Waals surface area contributed by atoms with Crippen LogP contribution in [0.1, 0.15) is 25.3 Å². The molecule has 1 aliphatic rings. The van der Waals surface area contributed by atoms with E-state index in [-0.39, 0.29) is 0 Å². The van der Waals surface area contributed by atoms with Gasteiger partial charge in [0, 0.05) is 25.5 Å². The van der Waals surface area contributed by atoms with Gasteiger partial charge in [-0.05, 0) is 42.5 Å². The molecule has 1 aromatic heterocycles. The molecule has 1 fully saturated rings. The second kappa shape index (κ2) is 6.64. The van der Waals surface area contributed by atoms with E-state index in [1.54, 1.807) is 6.20 Å². The van der Waals surface area contributed by atoms with Crippen LogP contribution in [0.5, 0.6) is 0 Å². The summed E-state index contributed by atoms with van der Waals surface area (Å²) in [6.45, 7) is 4.96. The van der Waals surface area contributed by atoms with E-state index in [0.29, 0.717) is 12.5 Å². The van der Waals surface area contributed by atoms with E-state index in [9.17, 15) is 0 Å². The predicted molar refractivity (Wildman–Crippen MR) is 88.9 cm³/mol. The van der Waals surface area contributed by atoms with E-state index < -0.39 is 0 Å². The maximum atomic E-state index is 6.11. The molecule has 1 aromatic carbocycles. The number of nitrogens with zero attached hydrogens (tertiary/aromatic N) is 4. The number of hydrogen-bond acceptors (Lipinski definition) is 2. The van der Waals surface area contributed by atoms with Gasteiger partial charge in [-0.3, -0.25) is 0 Å². The fourth-order valence-corrected chi connectivity index (χ4v) is 2.69. The molecule has 0 aliphatic carbocycles. The molecule has 0 bridgehead atoms. The van der Waals surface area contributed by atoms with Crippen LogP contribution >= 0.6 is 0 Å². The van der Waals surface area contributed by atoms with E-state index in [1.807, 2.05) is 16.9 Å². The summed E-state index contributed by atoms with van der Waals surface area (Å²) in [5, 5.41) is 4.22. The predicted octanol–water partition coefficient (Wildman–Crippen LogP) is 2.42. The molecule has 0 spiro atoms. The van der Waals surface area contributed by atoms with E-state index in [2.05, 4.69) is 46.2 Å². The zero-order chi connectivity index (χ0) is 15.4. The summed E-state index contributed by atoms with van der Waals surface area (Å²) in [6, 6.07) is 10.2. The summed E-state index contributed by atoms with van der Waals surface area (Å²) in [5.74, 6) is 1.47. The highest BCUT2D eigenvalue weighted by Gasteiger charge is 2.16. The van der Waals surface area contributed by atoms with Crippen LogP contribution in [0.4, 0.5) is 0 Å². The number of nitrogens with two attached hydrogens (primary N) is 1. The number of hydrogen-bond donors (Lipinski definition) is 1. The standard InChI is InChI=1S/C17H23N5/c1-14-7-11-21(12-8-14)17(18)19-13-15-3-5-16(6-4-15)22-10-2-9-20-22/h2-6,9-10,14H,7-8,11-13H2,1H3,(H2,18,19). The van der Waals surface area contributed by atoms with Crippen LogP contribution in [0, 0.1) is 5.92 Å². The third-order valence-electron chi connectivity index (χ3n) is 4.24. The Bertz CT molecular complexity index is 607. The van der Waals surface area contributed by atoms with Gasteiger partial charge in [0.15, 0.2) is 5.96 Å². The minimum atomic E-state index is 0.622. The van der Waals surface area contributed by atoms with Crippen LogP contribution in [-0.4, -0.2) is 33.7 Å². The van der Waals surface area contributed by atoms with E-state index in [4.69, 9.17) is 5.73 Å². The highest BCUT2D eigenvalue weighted by Crippen LogP contribution is 2.16. The highest BCUT2D eigenvalue weighted by atomic mass is 15.3. The Balaban J connectivity index is 1.60. The Morgan fingerprint density at radius 2 is 2.00 bits per heavy atom. The topological polar surface area (TPSA) is 59.4 Å². The first-order valence-electron chi connectivity index (χ1n) is 7.86. The molecule has 1 aliphatic heterocycles. The first-order valence-corrected chi connectivity index (χ1v) is 7.86. The van der Waals surface area contributed by atoms with E-state index in [1.165, 1.54) is 12.8 Å². The molecular weight excluding hydrogens is 274 g/mol. The minimum Gasteiger partial charge on any atom is -0.370 e. The van der Waals surface area contributed by atoms with Crippen molar-refractivity contribution in [2.45, 2.75) is 26.3 Å². The van der Waals surface area contributed by atoms with Crippen molar-refractivity contribution < 1.29 is 0 Å². The number of rotatable bonds is 3. The minimum absolute atomic E-state index is 0.622. The lowest BCUT2D eigenvalue weighted by atomic mass is 10.00. The van der Waals surface area contributed by atoms with E-state index in [0.717, 1.165) is 30.3 Å². The SMILES string of the molecule is CC1CCN(C(N)=NCc2ccc(-n3cccn3)cc2)CC1. The van der Waals surface area contributed by atoms with Gasteiger partial charge in [-0.1, -0.05) is 19.1 Å². The summed E-state index contributed by atoms with van der Waals surface area (Å²) in [5.41, 5.74) is 8.32. The van der Waals surface area contributed by atoms with Crippen molar-refractivity contribution in [1.82, 2.24) is 14.7 Å². The van der Waals surface area contributed by atoms with Crippen LogP contribution < -0.4 is 5.73 Å². The van der Waals surface area contributed by atoms with Gasteiger partial charge >= 0.3 is 0 Å². The summed E-state index contributed by atoms with van der Waals surface area (Å²) in [7, 11) is 0. The fourth-order valence-electron chi connectivity index (χ4n) is 2.69. The number of benzene rings is 1. The molecule has 5 nitrogen and oxygen atoms in total. The number of guanidine groups is 1. The summed E-state index contributed by atoms with van der Waals surface area (Å²) >= 11 is 0. The fraction of sp³-hybridized carbons (Fsp3) is 0.412. The normalized spacial score (nSPS) is 17.0. The third kappa shape index (κ3) is 3.47. The van der Waals surface area contributed by atoms with Crippen LogP contribution in [0.25, 0.3) is 5.69 Å². The zero-order valence-electron chi connectivity index (χ0n) is 13.0. The average Bonchev–Trinajstić information content (AvgIpc) is 3.08. The molecule has 3 rings (SSSR count). The molecule has 116 valence electrons. The molecular formula is C17H23N5. The van der Waals surface area contributed by atoms with Gasteiger partial charge in [0.2, 0.25) is 0 Å². The molecule has 5 heteroatoms. The average molecular weight is 297 g/mol.